The molecule has 2 aromatic rings. The average molecular weight is 449 g/mol. The van der Waals surface area contributed by atoms with E-state index in [9.17, 15) is 9.59 Å². The monoisotopic (exact) mass is 448 g/mol. The number of benzene rings is 2. The Bertz CT molecular complexity index is 887. The van der Waals surface area contributed by atoms with Gasteiger partial charge in [0.25, 0.3) is 5.91 Å². The summed E-state index contributed by atoms with van der Waals surface area (Å²) in [4.78, 5) is 26.0. The van der Waals surface area contributed by atoms with Crippen LogP contribution in [0, 0.1) is 0 Å². The third kappa shape index (κ3) is 4.56. The van der Waals surface area contributed by atoms with Crippen LogP contribution in [0.15, 0.2) is 40.9 Å². The van der Waals surface area contributed by atoms with Crippen LogP contribution < -0.4 is 24.4 Å². The lowest BCUT2D eigenvalue weighted by molar-refractivity contribution is -0.125. The van der Waals surface area contributed by atoms with Crippen molar-refractivity contribution in [3.05, 3.63) is 46.4 Å². The second kappa shape index (κ2) is 8.97. The Morgan fingerprint density at radius 3 is 2.79 bits per heavy atom. The molecule has 0 saturated carbocycles. The summed E-state index contributed by atoms with van der Waals surface area (Å²) in [5, 5.41) is 2.85. The number of nitrogens with one attached hydrogen (secondary N) is 1. The summed E-state index contributed by atoms with van der Waals surface area (Å²) in [6, 6.07) is 10.9. The van der Waals surface area contributed by atoms with Crippen molar-refractivity contribution < 1.29 is 23.8 Å². The van der Waals surface area contributed by atoms with Gasteiger partial charge in [-0.05, 0) is 48.4 Å². The summed E-state index contributed by atoms with van der Waals surface area (Å²) in [5.41, 5.74) is 1.52. The fourth-order valence-electron chi connectivity index (χ4n) is 2.97. The van der Waals surface area contributed by atoms with Crippen molar-refractivity contribution in [1.29, 1.82) is 0 Å². The number of halogens is 1. The number of hydrogen-bond acceptors (Lipinski definition) is 5. The van der Waals surface area contributed by atoms with E-state index in [4.69, 9.17) is 14.2 Å². The molecule has 0 unspecified atom stereocenters. The predicted octanol–water partition coefficient (Wildman–Crippen LogP) is 2.55. The Balaban J connectivity index is 1.60. The SMILES string of the molecule is COc1ccc(OC)c(CCNC(=O)CN2C(=O)COc3cc(Br)ccc32)c1. The Hall–Kier alpha value is -2.74. The molecule has 0 fully saturated rings. The molecule has 0 spiro atoms. The maximum atomic E-state index is 12.4. The first kappa shape index (κ1) is 20.0. The molecule has 0 saturated heterocycles. The predicted molar refractivity (Wildman–Crippen MR) is 108 cm³/mol. The fourth-order valence-corrected chi connectivity index (χ4v) is 3.31. The van der Waals surface area contributed by atoms with Crippen molar-refractivity contribution in [2.45, 2.75) is 6.42 Å². The molecule has 7 nitrogen and oxygen atoms in total. The van der Waals surface area contributed by atoms with Crippen LogP contribution in [0.5, 0.6) is 17.2 Å². The molecule has 1 N–H and O–H groups in total. The molecule has 1 heterocycles. The van der Waals surface area contributed by atoms with Crippen LogP contribution in [0.1, 0.15) is 5.56 Å². The van der Waals surface area contributed by atoms with Gasteiger partial charge in [-0.15, -0.1) is 0 Å². The lowest BCUT2D eigenvalue weighted by atomic mass is 10.1. The molecule has 8 heteroatoms. The summed E-state index contributed by atoms with van der Waals surface area (Å²) in [6.07, 6.45) is 0.576. The highest BCUT2D eigenvalue weighted by molar-refractivity contribution is 9.10. The van der Waals surface area contributed by atoms with Gasteiger partial charge >= 0.3 is 0 Å². The molecule has 1 aliphatic rings. The molecule has 0 aliphatic carbocycles. The van der Waals surface area contributed by atoms with E-state index in [1.807, 2.05) is 18.2 Å². The lowest BCUT2D eigenvalue weighted by Crippen LogP contribution is -2.45. The van der Waals surface area contributed by atoms with Crippen LogP contribution in [0.2, 0.25) is 0 Å². The summed E-state index contributed by atoms with van der Waals surface area (Å²) >= 11 is 3.37. The van der Waals surface area contributed by atoms with E-state index in [1.165, 1.54) is 4.90 Å². The summed E-state index contributed by atoms with van der Waals surface area (Å²) in [5.74, 6) is 1.54. The minimum absolute atomic E-state index is 0.0634. The van der Waals surface area contributed by atoms with Gasteiger partial charge < -0.3 is 19.5 Å². The normalized spacial score (nSPS) is 12.8. The maximum absolute atomic E-state index is 12.4. The van der Waals surface area contributed by atoms with Crippen molar-refractivity contribution in [2.75, 3.05) is 38.8 Å². The van der Waals surface area contributed by atoms with Crippen molar-refractivity contribution in [2.24, 2.45) is 0 Å². The highest BCUT2D eigenvalue weighted by atomic mass is 79.9. The number of nitrogens with zero attached hydrogens (tertiary/aromatic N) is 1. The van der Waals surface area contributed by atoms with E-state index >= 15 is 0 Å². The van der Waals surface area contributed by atoms with Crippen molar-refractivity contribution in [3.63, 3.8) is 0 Å². The maximum Gasteiger partial charge on any atom is 0.265 e. The van der Waals surface area contributed by atoms with E-state index in [1.54, 1.807) is 32.4 Å². The fraction of sp³-hybridized carbons (Fsp3) is 0.300. The first-order valence-electron chi connectivity index (χ1n) is 8.72. The van der Waals surface area contributed by atoms with Crippen molar-refractivity contribution in [1.82, 2.24) is 5.32 Å². The minimum Gasteiger partial charge on any atom is -0.497 e. The third-order valence-corrected chi connectivity index (χ3v) is 4.86. The van der Waals surface area contributed by atoms with Gasteiger partial charge in [-0.2, -0.15) is 0 Å². The number of ether oxygens (including phenoxy) is 3. The molecule has 0 atom stereocenters. The third-order valence-electron chi connectivity index (χ3n) is 4.37. The Kier molecular flexibility index (Phi) is 6.41. The van der Waals surface area contributed by atoms with Gasteiger partial charge in [0, 0.05) is 11.0 Å². The molecule has 0 radical (unpaired) electrons. The first-order chi connectivity index (χ1) is 13.5. The summed E-state index contributed by atoms with van der Waals surface area (Å²) in [6.45, 7) is 0.262. The van der Waals surface area contributed by atoms with E-state index in [0.717, 1.165) is 21.5 Å². The smallest absolute Gasteiger partial charge is 0.265 e. The van der Waals surface area contributed by atoms with Gasteiger partial charge in [-0.3, -0.25) is 14.5 Å². The molecule has 3 rings (SSSR count). The Morgan fingerprint density at radius 1 is 1.21 bits per heavy atom. The van der Waals surface area contributed by atoms with E-state index in [0.29, 0.717) is 24.4 Å². The molecule has 2 aromatic carbocycles. The zero-order valence-corrected chi connectivity index (χ0v) is 17.2. The average Bonchev–Trinajstić information content (AvgIpc) is 2.70. The van der Waals surface area contributed by atoms with Gasteiger partial charge in [0.2, 0.25) is 5.91 Å². The van der Waals surface area contributed by atoms with Crippen molar-refractivity contribution >= 4 is 33.4 Å². The van der Waals surface area contributed by atoms with Gasteiger partial charge in [0.05, 0.1) is 19.9 Å². The number of rotatable bonds is 7. The largest absolute Gasteiger partial charge is 0.497 e. The topological polar surface area (TPSA) is 77.1 Å². The number of methoxy groups -OCH3 is 2. The van der Waals surface area contributed by atoms with Crippen molar-refractivity contribution in [3.8, 4) is 17.2 Å². The number of fused-ring (bicyclic) bond motifs is 1. The highest BCUT2D eigenvalue weighted by Gasteiger charge is 2.27. The van der Waals surface area contributed by atoms with E-state index < -0.39 is 0 Å². The molecule has 1 aliphatic heterocycles. The molecular formula is C20H21BrN2O5. The zero-order chi connectivity index (χ0) is 20.1. The highest BCUT2D eigenvalue weighted by Crippen LogP contribution is 2.34. The van der Waals surface area contributed by atoms with Crippen LogP contribution in [-0.4, -0.2) is 45.7 Å². The van der Waals surface area contributed by atoms with Crippen LogP contribution in [-0.2, 0) is 16.0 Å². The minimum atomic E-state index is -0.251. The van der Waals surface area contributed by atoms with E-state index in [2.05, 4.69) is 21.2 Å². The van der Waals surface area contributed by atoms with E-state index in [-0.39, 0.29) is 25.0 Å². The summed E-state index contributed by atoms with van der Waals surface area (Å²) < 4.78 is 16.9. The molecule has 2 amide bonds. The molecule has 28 heavy (non-hydrogen) atoms. The Labute approximate surface area is 171 Å². The number of carbonyl (C=O) groups is 2. The second-order valence-corrected chi connectivity index (χ2v) is 7.07. The van der Waals surface area contributed by atoms with Gasteiger partial charge in [-0.25, -0.2) is 0 Å². The second-order valence-electron chi connectivity index (χ2n) is 6.16. The van der Waals surface area contributed by atoms with Crippen LogP contribution in [0.25, 0.3) is 0 Å². The van der Waals surface area contributed by atoms with Crippen LogP contribution in [0.4, 0.5) is 5.69 Å². The van der Waals surface area contributed by atoms with Gasteiger partial charge in [-0.1, -0.05) is 15.9 Å². The lowest BCUT2D eigenvalue weighted by Gasteiger charge is -2.29. The zero-order valence-electron chi connectivity index (χ0n) is 15.7. The molecular weight excluding hydrogens is 428 g/mol. The number of hydrogen-bond donors (Lipinski definition) is 1. The molecule has 0 bridgehead atoms. The quantitative estimate of drug-likeness (QED) is 0.703. The Morgan fingerprint density at radius 2 is 2.04 bits per heavy atom. The van der Waals surface area contributed by atoms with Gasteiger partial charge in [0.1, 0.15) is 23.8 Å². The summed E-state index contributed by atoms with van der Waals surface area (Å²) in [7, 11) is 3.20. The van der Waals surface area contributed by atoms with Crippen LogP contribution in [0.3, 0.4) is 0 Å². The number of anilines is 1. The molecule has 0 aromatic heterocycles. The standard InChI is InChI=1S/C20H21BrN2O5/c1-26-15-4-6-17(27-2)13(9-15)7-8-22-19(24)11-23-16-5-3-14(21)10-18(16)28-12-20(23)25/h3-6,9-10H,7-8,11-12H2,1-2H3,(H,22,24). The molecule has 148 valence electrons. The van der Waals surface area contributed by atoms with Gasteiger partial charge in [0.15, 0.2) is 6.61 Å². The first-order valence-corrected chi connectivity index (χ1v) is 9.51. The van der Waals surface area contributed by atoms with Crippen LogP contribution >= 0.6 is 15.9 Å². The number of carbonyl (C=O) groups excluding carboxylic acids is 2. The number of amides is 2.